The van der Waals surface area contributed by atoms with Crippen molar-refractivity contribution in [2.75, 3.05) is 16.4 Å². The third kappa shape index (κ3) is 8.69. The van der Waals surface area contributed by atoms with Crippen molar-refractivity contribution in [1.82, 2.24) is 5.32 Å². The van der Waals surface area contributed by atoms with Gasteiger partial charge in [-0.2, -0.15) is 0 Å². The number of thioether (sulfide) groups is 1. The van der Waals surface area contributed by atoms with E-state index in [2.05, 4.69) is 29.8 Å². The molecule has 7 heteroatoms. The van der Waals surface area contributed by atoms with Crippen molar-refractivity contribution in [3.8, 4) is 0 Å². The zero-order valence-electron chi connectivity index (χ0n) is 24.2. The molecular formula is C35H35N3O3S. The maximum atomic E-state index is 13.3. The molecule has 0 aliphatic carbocycles. The molecule has 0 unspecified atom stereocenters. The van der Waals surface area contributed by atoms with Gasteiger partial charge in [-0.05, 0) is 85.0 Å². The topological polar surface area (TPSA) is 87.3 Å². The number of hydrogen-bond acceptors (Lipinski definition) is 4. The Bertz CT molecular complexity index is 1580. The summed E-state index contributed by atoms with van der Waals surface area (Å²) in [5.74, 6) is -0.263. The number of carbonyl (C=O) groups is 3. The van der Waals surface area contributed by atoms with Gasteiger partial charge in [0.25, 0.3) is 11.8 Å². The lowest BCUT2D eigenvalue weighted by Crippen LogP contribution is -2.30. The molecule has 4 rings (SSSR count). The molecule has 42 heavy (non-hydrogen) atoms. The molecule has 0 atom stereocenters. The maximum Gasteiger partial charge on any atom is 0.272 e. The quantitative estimate of drug-likeness (QED) is 0.134. The molecule has 3 amide bonds. The van der Waals surface area contributed by atoms with Crippen LogP contribution in [-0.4, -0.2) is 23.5 Å². The lowest BCUT2D eigenvalue weighted by molar-refractivity contribution is -0.114. The van der Waals surface area contributed by atoms with Crippen LogP contribution < -0.4 is 16.0 Å². The summed E-state index contributed by atoms with van der Waals surface area (Å²) in [7, 11) is 0. The highest BCUT2D eigenvalue weighted by atomic mass is 32.2. The van der Waals surface area contributed by atoms with Crippen LogP contribution in [0.3, 0.4) is 0 Å². The standard InChI is InChI=1S/C35H35N3O3S/c1-23(2)27-13-11-26(12-14-27)21-32(38-34(40)28-8-6-5-7-9-28)35(41)36-29-15-17-30(18-16-29)42-22-33(39)37-31-19-10-24(3)20-25(31)4/h5-21,23H,22H2,1-4H3,(H,36,41)(H,37,39)(H,38,40)/b32-21-. The number of hydrogen-bond donors (Lipinski definition) is 3. The van der Waals surface area contributed by atoms with E-state index in [-0.39, 0.29) is 23.3 Å². The van der Waals surface area contributed by atoms with Crippen LogP contribution in [0.25, 0.3) is 6.08 Å². The highest BCUT2D eigenvalue weighted by Crippen LogP contribution is 2.23. The molecule has 0 spiro atoms. The van der Waals surface area contributed by atoms with E-state index in [1.807, 2.05) is 74.5 Å². The van der Waals surface area contributed by atoms with Crippen molar-refractivity contribution in [2.45, 2.75) is 38.5 Å². The van der Waals surface area contributed by atoms with Gasteiger partial charge in [0.15, 0.2) is 0 Å². The Balaban J connectivity index is 1.42. The molecule has 0 saturated heterocycles. The highest BCUT2D eigenvalue weighted by Gasteiger charge is 2.15. The fourth-order valence-electron chi connectivity index (χ4n) is 4.21. The van der Waals surface area contributed by atoms with Gasteiger partial charge in [-0.15, -0.1) is 11.8 Å². The molecule has 0 fully saturated rings. The predicted octanol–water partition coefficient (Wildman–Crippen LogP) is 7.57. The summed E-state index contributed by atoms with van der Waals surface area (Å²) in [5, 5.41) is 8.60. The summed E-state index contributed by atoms with van der Waals surface area (Å²) in [6.45, 7) is 8.23. The van der Waals surface area contributed by atoms with Crippen molar-refractivity contribution < 1.29 is 14.4 Å². The van der Waals surface area contributed by atoms with Crippen LogP contribution in [0.2, 0.25) is 0 Å². The van der Waals surface area contributed by atoms with E-state index in [0.717, 1.165) is 27.3 Å². The van der Waals surface area contributed by atoms with Gasteiger partial charge < -0.3 is 16.0 Å². The van der Waals surface area contributed by atoms with E-state index >= 15 is 0 Å². The van der Waals surface area contributed by atoms with Gasteiger partial charge in [0.05, 0.1) is 5.75 Å². The van der Waals surface area contributed by atoms with E-state index in [4.69, 9.17) is 0 Å². The minimum atomic E-state index is -0.444. The van der Waals surface area contributed by atoms with E-state index < -0.39 is 5.91 Å². The lowest BCUT2D eigenvalue weighted by atomic mass is 10.0. The number of nitrogens with one attached hydrogen (secondary N) is 3. The van der Waals surface area contributed by atoms with Gasteiger partial charge in [-0.1, -0.05) is 74.0 Å². The van der Waals surface area contributed by atoms with Crippen LogP contribution in [0.5, 0.6) is 0 Å². The second kappa shape index (κ2) is 14.3. The van der Waals surface area contributed by atoms with Crippen LogP contribution in [0.4, 0.5) is 11.4 Å². The van der Waals surface area contributed by atoms with E-state index in [0.29, 0.717) is 17.2 Å². The van der Waals surface area contributed by atoms with E-state index in [9.17, 15) is 14.4 Å². The molecule has 4 aromatic carbocycles. The smallest absolute Gasteiger partial charge is 0.272 e. The molecule has 6 nitrogen and oxygen atoms in total. The fraction of sp³-hybridized carbons (Fsp3) is 0.171. The first-order valence-corrected chi connectivity index (χ1v) is 14.8. The van der Waals surface area contributed by atoms with Gasteiger partial charge >= 0.3 is 0 Å². The average Bonchev–Trinajstić information content (AvgIpc) is 2.98. The predicted molar refractivity (Wildman–Crippen MR) is 173 cm³/mol. The number of anilines is 2. The summed E-state index contributed by atoms with van der Waals surface area (Å²) < 4.78 is 0. The van der Waals surface area contributed by atoms with Gasteiger partial charge in [0, 0.05) is 21.8 Å². The Morgan fingerprint density at radius 2 is 1.50 bits per heavy atom. The molecule has 0 saturated carbocycles. The third-order valence-corrected chi connectivity index (χ3v) is 7.59. The molecule has 3 N–H and O–H groups in total. The van der Waals surface area contributed by atoms with Crippen molar-refractivity contribution in [1.29, 1.82) is 0 Å². The summed E-state index contributed by atoms with van der Waals surface area (Å²) >= 11 is 1.41. The van der Waals surface area contributed by atoms with Crippen molar-refractivity contribution in [3.63, 3.8) is 0 Å². The van der Waals surface area contributed by atoms with Crippen LogP contribution in [0.1, 0.15) is 52.4 Å². The first kappa shape index (κ1) is 30.3. The molecule has 0 aliphatic rings. The van der Waals surface area contributed by atoms with Gasteiger partial charge in [-0.25, -0.2) is 0 Å². The molecule has 214 valence electrons. The first-order valence-electron chi connectivity index (χ1n) is 13.8. The Morgan fingerprint density at radius 3 is 2.14 bits per heavy atom. The second-order valence-electron chi connectivity index (χ2n) is 10.3. The van der Waals surface area contributed by atoms with Gasteiger partial charge in [-0.3, -0.25) is 14.4 Å². The minimum Gasteiger partial charge on any atom is -0.325 e. The molecule has 0 aliphatic heterocycles. The fourth-order valence-corrected chi connectivity index (χ4v) is 4.91. The number of rotatable bonds is 10. The first-order chi connectivity index (χ1) is 20.2. The van der Waals surface area contributed by atoms with E-state index in [1.165, 1.54) is 17.3 Å². The Kier molecular flexibility index (Phi) is 10.3. The summed E-state index contributed by atoms with van der Waals surface area (Å²) in [6.07, 6.45) is 1.67. The average molecular weight is 578 g/mol. The lowest BCUT2D eigenvalue weighted by Gasteiger charge is -2.12. The number of aryl methyl sites for hydroxylation is 2. The van der Waals surface area contributed by atoms with Crippen LogP contribution in [0, 0.1) is 13.8 Å². The van der Waals surface area contributed by atoms with Gasteiger partial charge in [0.2, 0.25) is 5.91 Å². The van der Waals surface area contributed by atoms with Crippen LogP contribution in [0.15, 0.2) is 108 Å². The summed E-state index contributed by atoms with van der Waals surface area (Å²) in [5.41, 5.74) is 6.11. The zero-order chi connectivity index (χ0) is 30.1. The molecule has 4 aromatic rings. The normalized spacial score (nSPS) is 11.2. The second-order valence-corrected chi connectivity index (χ2v) is 11.4. The Hall–Kier alpha value is -4.62. The number of benzene rings is 4. The van der Waals surface area contributed by atoms with Crippen molar-refractivity contribution in [2.24, 2.45) is 0 Å². The third-order valence-electron chi connectivity index (χ3n) is 6.58. The van der Waals surface area contributed by atoms with Crippen LogP contribution in [-0.2, 0) is 9.59 Å². The van der Waals surface area contributed by atoms with Crippen molar-refractivity contribution in [3.05, 3.63) is 131 Å². The Morgan fingerprint density at radius 1 is 0.810 bits per heavy atom. The molecule has 0 radical (unpaired) electrons. The number of carbonyl (C=O) groups excluding carboxylic acids is 3. The van der Waals surface area contributed by atoms with Crippen molar-refractivity contribution >= 4 is 46.9 Å². The largest absolute Gasteiger partial charge is 0.325 e. The summed E-state index contributed by atoms with van der Waals surface area (Å²) in [6, 6.07) is 29.8. The summed E-state index contributed by atoms with van der Waals surface area (Å²) in [4.78, 5) is 39.6. The van der Waals surface area contributed by atoms with Crippen LogP contribution >= 0.6 is 11.8 Å². The minimum absolute atomic E-state index is 0.0882. The number of amides is 3. The maximum absolute atomic E-state index is 13.3. The zero-order valence-corrected chi connectivity index (χ0v) is 25.0. The molecule has 0 bridgehead atoms. The SMILES string of the molecule is Cc1ccc(NC(=O)CSc2ccc(NC(=O)/C(=C/c3ccc(C(C)C)cc3)NC(=O)c3ccccc3)cc2)c(C)c1. The Labute approximate surface area is 251 Å². The monoisotopic (exact) mass is 577 g/mol. The highest BCUT2D eigenvalue weighted by molar-refractivity contribution is 8.00. The molecule has 0 aromatic heterocycles. The molecular weight excluding hydrogens is 542 g/mol. The molecule has 0 heterocycles. The van der Waals surface area contributed by atoms with E-state index in [1.54, 1.807) is 42.5 Å². The van der Waals surface area contributed by atoms with Gasteiger partial charge in [0.1, 0.15) is 5.70 Å².